The lowest BCUT2D eigenvalue weighted by atomic mass is 9.98. The first-order valence-electron chi connectivity index (χ1n) is 20.9. The SMILES string of the molecule is c1ccc(-c2cccc(-c3cccc(-c4nc(-c5ccccc5)nc(-n5c6ccccc6c6ccc7c8ccccc8n(-c8cccc(-c9ccccc9)c8)c7c65)n4)c3)c2)cc1. The predicted molar refractivity (Wildman–Crippen MR) is 256 cm³/mol. The molecule has 12 rings (SSSR count). The van der Waals surface area contributed by atoms with Gasteiger partial charge in [-0.05, 0) is 69.8 Å². The van der Waals surface area contributed by atoms with Crippen molar-refractivity contribution in [2.75, 3.05) is 0 Å². The Bertz CT molecular complexity index is 3620. The first-order chi connectivity index (χ1) is 30.7. The average Bonchev–Trinajstić information content (AvgIpc) is 3.88. The van der Waals surface area contributed by atoms with Crippen LogP contribution in [0.4, 0.5) is 0 Å². The third kappa shape index (κ3) is 5.98. The lowest BCUT2D eigenvalue weighted by molar-refractivity contribution is 0.953. The van der Waals surface area contributed by atoms with Crippen molar-refractivity contribution in [3.05, 3.63) is 224 Å². The second-order valence-corrected chi connectivity index (χ2v) is 15.7. The van der Waals surface area contributed by atoms with Gasteiger partial charge in [0, 0.05) is 38.4 Å². The Morgan fingerprint density at radius 2 is 0.661 bits per heavy atom. The number of hydrogen-bond acceptors (Lipinski definition) is 3. The van der Waals surface area contributed by atoms with Crippen LogP contribution < -0.4 is 0 Å². The zero-order valence-corrected chi connectivity index (χ0v) is 33.6. The highest BCUT2D eigenvalue weighted by molar-refractivity contribution is 6.23. The van der Waals surface area contributed by atoms with E-state index in [0.29, 0.717) is 17.6 Å². The minimum atomic E-state index is 0.555. The topological polar surface area (TPSA) is 48.5 Å². The molecule has 0 aliphatic heterocycles. The van der Waals surface area contributed by atoms with E-state index in [0.717, 1.165) is 71.7 Å². The van der Waals surface area contributed by atoms with Crippen LogP contribution in [0.2, 0.25) is 0 Å². The van der Waals surface area contributed by atoms with Gasteiger partial charge in [0.2, 0.25) is 5.95 Å². The monoisotopic (exact) mass is 791 g/mol. The van der Waals surface area contributed by atoms with Gasteiger partial charge in [-0.1, -0.05) is 188 Å². The molecule has 0 fully saturated rings. The van der Waals surface area contributed by atoms with Crippen molar-refractivity contribution in [3.8, 4) is 67.8 Å². The van der Waals surface area contributed by atoms with E-state index in [1.165, 1.54) is 22.1 Å². The second kappa shape index (κ2) is 14.7. The van der Waals surface area contributed by atoms with Crippen LogP contribution >= 0.6 is 0 Å². The van der Waals surface area contributed by atoms with Crippen molar-refractivity contribution < 1.29 is 0 Å². The van der Waals surface area contributed by atoms with E-state index in [4.69, 9.17) is 15.0 Å². The van der Waals surface area contributed by atoms with Crippen molar-refractivity contribution in [2.45, 2.75) is 0 Å². The van der Waals surface area contributed by atoms with Gasteiger partial charge in [-0.2, -0.15) is 9.97 Å². The molecule has 0 bridgehead atoms. The molecular weight excluding hydrogens is 755 g/mol. The van der Waals surface area contributed by atoms with Crippen LogP contribution in [0, 0.1) is 0 Å². The summed E-state index contributed by atoms with van der Waals surface area (Å²) in [7, 11) is 0. The summed E-state index contributed by atoms with van der Waals surface area (Å²) in [6.07, 6.45) is 0. The smallest absolute Gasteiger partial charge is 0.238 e. The highest BCUT2D eigenvalue weighted by Crippen LogP contribution is 2.42. The standard InChI is InChI=1S/C57H37N5/c1-4-17-38(18-5-1)41-23-14-24-42(35-41)43-25-15-27-45(36-43)56-58-55(40-21-8-3-9-22-40)59-57(60-56)62-52-32-13-11-30-48(52)50-34-33-49-47-29-10-12-31-51(47)61(53(49)54(50)62)46-28-16-26-44(37-46)39-19-6-2-7-20-39/h1-37H. The molecule has 290 valence electrons. The van der Waals surface area contributed by atoms with Crippen LogP contribution in [0.25, 0.3) is 111 Å². The fourth-order valence-corrected chi connectivity index (χ4v) is 9.09. The van der Waals surface area contributed by atoms with Crippen LogP contribution in [0.1, 0.15) is 0 Å². The summed E-state index contributed by atoms with van der Waals surface area (Å²) >= 11 is 0. The van der Waals surface area contributed by atoms with Crippen molar-refractivity contribution in [1.29, 1.82) is 0 Å². The van der Waals surface area contributed by atoms with E-state index < -0.39 is 0 Å². The molecule has 62 heavy (non-hydrogen) atoms. The Morgan fingerprint density at radius 3 is 1.26 bits per heavy atom. The number of rotatable bonds is 7. The number of hydrogen-bond donors (Lipinski definition) is 0. The summed E-state index contributed by atoms with van der Waals surface area (Å²) in [6, 6.07) is 79.2. The molecule has 12 aromatic rings. The maximum absolute atomic E-state index is 5.42. The van der Waals surface area contributed by atoms with Gasteiger partial charge in [0.25, 0.3) is 0 Å². The first-order valence-corrected chi connectivity index (χ1v) is 20.9. The van der Waals surface area contributed by atoms with Crippen LogP contribution in [-0.4, -0.2) is 24.1 Å². The Kier molecular flexibility index (Phi) is 8.42. The van der Waals surface area contributed by atoms with Crippen molar-refractivity contribution in [3.63, 3.8) is 0 Å². The van der Waals surface area contributed by atoms with E-state index >= 15 is 0 Å². The Hall–Kier alpha value is -8.41. The van der Waals surface area contributed by atoms with Crippen LogP contribution in [-0.2, 0) is 0 Å². The molecule has 0 amide bonds. The summed E-state index contributed by atoms with van der Waals surface area (Å²) in [5.41, 5.74) is 14.1. The third-order valence-corrected chi connectivity index (χ3v) is 12.0. The molecule has 9 aromatic carbocycles. The molecule has 0 saturated heterocycles. The molecule has 0 unspecified atom stereocenters. The van der Waals surface area contributed by atoms with Gasteiger partial charge in [-0.15, -0.1) is 0 Å². The van der Waals surface area contributed by atoms with Gasteiger partial charge in [0.15, 0.2) is 11.6 Å². The molecule has 3 aromatic heterocycles. The third-order valence-electron chi connectivity index (χ3n) is 12.0. The average molecular weight is 792 g/mol. The molecular formula is C57H37N5. The molecule has 3 heterocycles. The van der Waals surface area contributed by atoms with E-state index in [-0.39, 0.29) is 0 Å². The summed E-state index contributed by atoms with van der Waals surface area (Å²) in [5, 5.41) is 4.59. The number of fused-ring (bicyclic) bond motifs is 7. The van der Waals surface area contributed by atoms with Crippen molar-refractivity contribution >= 4 is 43.6 Å². The highest BCUT2D eigenvalue weighted by Gasteiger charge is 2.23. The van der Waals surface area contributed by atoms with E-state index in [1.54, 1.807) is 0 Å². The van der Waals surface area contributed by atoms with Crippen molar-refractivity contribution in [1.82, 2.24) is 24.1 Å². The normalized spacial score (nSPS) is 11.5. The number of benzene rings is 9. The van der Waals surface area contributed by atoms with Gasteiger partial charge >= 0.3 is 0 Å². The molecule has 0 aliphatic rings. The minimum absolute atomic E-state index is 0.555. The Labute approximate surface area is 358 Å². The molecule has 0 saturated carbocycles. The highest BCUT2D eigenvalue weighted by atomic mass is 15.2. The number of aromatic nitrogens is 5. The van der Waals surface area contributed by atoms with E-state index in [1.807, 2.05) is 18.2 Å². The summed E-state index contributed by atoms with van der Waals surface area (Å²) in [5.74, 6) is 1.76. The van der Waals surface area contributed by atoms with E-state index in [9.17, 15) is 0 Å². The lowest BCUT2D eigenvalue weighted by Gasteiger charge is -2.14. The maximum Gasteiger partial charge on any atom is 0.238 e. The van der Waals surface area contributed by atoms with Crippen molar-refractivity contribution in [2.24, 2.45) is 0 Å². The number of nitrogens with zero attached hydrogens (tertiary/aromatic N) is 5. The molecule has 0 N–H and O–H groups in total. The molecule has 0 atom stereocenters. The number of para-hydroxylation sites is 2. The summed E-state index contributed by atoms with van der Waals surface area (Å²) < 4.78 is 4.68. The van der Waals surface area contributed by atoms with Crippen LogP contribution in [0.3, 0.4) is 0 Å². The minimum Gasteiger partial charge on any atom is -0.307 e. The zero-order chi connectivity index (χ0) is 41.0. The van der Waals surface area contributed by atoms with Crippen LogP contribution in [0.15, 0.2) is 224 Å². The quantitative estimate of drug-likeness (QED) is 0.162. The van der Waals surface area contributed by atoms with Gasteiger partial charge in [0.05, 0.1) is 22.1 Å². The van der Waals surface area contributed by atoms with E-state index in [2.05, 4.69) is 215 Å². The van der Waals surface area contributed by atoms with Gasteiger partial charge in [-0.3, -0.25) is 4.57 Å². The van der Waals surface area contributed by atoms with Crippen LogP contribution in [0.5, 0.6) is 0 Å². The van der Waals surface area contributed by atoms with Gasteiger partial charge in [0.1, 0.15) is 0 Å². The second-order valence-electron chi connectivity index (χ2n) is 15.7. The summed E-state index contributed by atoms with van der Waals surface area (Å²) in [6.45, 7) is 0. The lowest BCUT2D eigenvalue weighted by Crippen LogP contribution is -2.07. The largest absolute Gasteiger partial charge is 0.307 e. The molecule has 0 radical (unpaired) electrons. The maximum atomic E-state index is 5.42. The Morgan fingerprint density at radius 1 is 0.258 bits per heavy atom. The fourth-order valence-electron chi connectivity index (χ4n) is 9.09. The first kappa shape index (κ1) is 35.5. The fraction of sp³-hybridized carbons (Fsp3) is 0. The van der Waals surface area contributed by atoms with Gasteiger partial charge < -0.3 is 4.57 Å². The molecule has 0 aliphatic carbocycles. The molecule has 5 nitrogen and oxygen atoms in total. The summed E-state index contributed by atoms with van der Waals surface area (Å²) in [4.78, 5) is 16.0. The Balaban J connectivity index is 1.13. The van der Waals surface area contributed by atoms with Gasteiger partial charge in [-0.25, -0.2) is 4.98 Å². The zero-order valence-electron chi connectivity index (χ0n) is 33.6. The molecule has 0 spiro atoms. The predicted octanol–water partition coefficient (Wildman–Crippen LogP) is 14.4. The molecule has 5 heteroatoms.